The van der Waals surface area contributed by atoms with Crippen LogP contribution in [0.1, 0.15) is 0 Å². The Hall–Kier alpha value is -4.34. The van der Waals surface area contributed by atoms with Crippen LogP contribution in [0.2, 0.25) is 0 Å². The number of phenolic OH excluding ortho intramolecular Hbond substituents is 2. The number of nitrogens with two attached hydrogens (primary N) is 2. The highest BCUT2D eigenvalue weighted by atomic mass is 16.6. The molecular weight excluding hydrogens is 368 g/mol. The van der Waals surface area contributed by atoms with Crippen LogP contribution in [-0.2, 0) is 0 Å². The van der Waals surface area contributed by atoms with Gasteiger partial charge in [-0.15, -0.1) is 0 Å². The Kier molecular flexibility index (Phi) is 4.45. The Labute approximate surface area is 157 Å². The first-order valence-electron chi connectivity index (χ1n) is 7.83. The van der Waals surface area contributed by atoms with E-state index in [1.165, 1.54) is 48.5 Å². The fourth-order valence-corrected chi connectivity index (χ4v) is 2.79. The topological polar surface area (TPSA) is 179 Å². The first-order chi connectivity index (χ1) is 13.2. The standard InChI is InChI=1S/C18H14N4O6/c19-15-3-1-9(21(25)26)5-11(15)13-7-18(24)14(8-17(13)23)12-6-10(22(27)28)2-4-16(12)20/h1-8,23-24H,19-20H2. The number of nitrogens with zero attached hydrogens (tertiary/aromatic N) is 2. The van der Waals surface area contributed by atoms with Gasteiger partial charge in [0.1, 0.15) is 11.5 Å². The Morgan fingerprint density at radius 1 is 0.643 bits per heavy atom. The number of non-ortho nitro benzene ring substituents is 2. The molecule has 0 unspecified atom stereocenters. The van der Waals surface area contributed by atoms with E-state index in [9.17, 15) is 30.4 Å². The fourth-order valence-electron chi connectivity index (χ4n) is 2.79. The third-order valence-electron chi connectivity index (χ3n) is 4.19. The molecule has 10 nitrogen and oxygen atoms in total. The summed E-state index contributed by atoms with van der Waals surface area (Å²) in [5.41, 5.74) is 12.0. The molecule has 0 aliphatic carbocycles. The van der Waals surface area contributed by atoms with E-state index in [0.29, 0.717) is 0 Å². The normalized spacial score (nSPS) is 10.6. The van der Waals surface area contributed by atoms with Gasteiger partial charge in [-0.1, -0.05) is 0 Å². The maximum atomic E-state index is 11.0. The summed E-state index contributed by atoms with van der Waals surface area (Å²) in [6, 6.07) is 9.74. The van der Waals surface area contributed by atoms with Crippen LogP contribution >= 0.6 is 0 Å². The molecule has 142 valence electrons. The van der Waals surface area contributed by atoms with Crippen LogP contribution in [0.3, 0.4) is 0 Å². The summed E-state index contributed by atoms with van der Waals surface area (Å²) < 4.78 is 0. The summed E-state index contributed by atoms with van der Waals surface area (Å²) in [6.45, 7) is 0. The fraction of sp³-hybridized carbons (Fsp3) is 0. The number of hydrogen-bond donors (Lipinski definition) is 4. The lowest BCUT2D eigenvalue weighted by Crippen LogP contribution is -1.96. The first-order valence-corrected chi connectivity index (χ1v) is 7.83. The van der Waals surface area contributed by atoms with Gasteiger partial charge in [0.2, 0.25) is 0 Å². The van der Waals surface area contributed by atoms with Crippen molar-refractivity contribution >= 4 is 22.7 Å². The third-order valence-corrected chi connectivity index (χ3v) is 4.19. The SMILES string of the molecule is Nc1ccc([N+](=O)[O-])cc1-c1cc(O)c(-c2cc([N+](=O)[O-])ccc2N)cc1O. The molecule has 0 aliphatic heterocycles. The Bertz CT molecular complexity index is 1040. The van der Waals surface area contributed by atoms with Crippen molar-refractivity contribution in [2.75, 3.05) is 11.5 Å². The third kappa shape index (κ3) is 3.21. The largest absolute Gasteiger partial charge is 0.507 e. The number of aromatic hydroxyl groups is 2. The minimum absolute atomic E-state index is 0.0615. The number of anilines is 2. The van der Waals surface area contributed by atoms with Crippen molar-refractivity contribution in [1.82, 2.24) is 0 Å². The number of phenols is 2. The van der Waals surface area contributed by atoms with E-state index in [1.54, 1.807) is 0 Å². The molecule has 6 N–H and O–H groups in total. The Balaban J connectivity index is 2.18. The molecule has 0 amide bonds. The van der Waals surface area contributed by atoms with Crippen LogP contribution in [0, 0.1) is 20.2 Å². The molecule has 0 radical (unpaired) electrons. The van der Waals surface area contributed by atoms with E-state index in [2.05, 4.69) is 0 Å². The van der Waals surface area contributed by atoms with Crippen LogP contribution in [0.15, 0.2) is 48.5 Å². The van der Waals surface area contributed by atoms with Crippen molar-refractivity contribution in [3.63, 3.8) is 0 Å². The van der Waals surface area contributed by atoms with E-state index in [-0.39, 0.29) is 56.5 Å². The first kappa shape index (κ1) is 18.5. The molecule has 3 aromatic rings. The highest BCUT2D eigenvalue weighted by Crippen LogP contribution is 2.44. The minimum Gasteiger partial charge on any atom is -0.507 e. The van der Waals surface area contributed by atoms with Crippen molar-refractivity contribution in [3.05, 3.63) is 68.8 Å². The molecule has 10 heteroatoms. The highest BCUT2D eigenvalue weighted by molar-refractivity contribution is 5.89. The van der Waals surface area contributed by atoms with Gasteiger partial charge in [0.05, 0.1) is 9.85 Å². The lowest BCUT2D eigenvalue weighted by Gasteiger charge is -2.13. The zero-order valence-electron chi connectivity index (χ0n) is 14.2. The van der Waals surface area contributed by atoms with Gasteiger partial charge in [0.25, 0.3) is 11.4 Å². The minimum atomic E-state index is -0.613. The molecule has 0 saturated carbocycles. The lowest BCUT2D eigenvalue weighted by atomic mass is 9.96. The second kappa shape index (κ2) is 6.76. The number of nitrogen functional groups attached to an aromatic ring is 2. The maximum absolute atomic E-state index is 11.0. The van der Waals surface area contributed by atoms with Gasteiger partial charge in [0, 0.05) is 57.9 Å². The predicted octanol–water partition coefficient (Wildman–Crippen LogP) is 3.41. The summed E-state index contributed by atoms with van der Waals surface area (Å²) in [5, 5.41) is 42.9. The van der Waals surface area contributed by atoms with E-state index < -0.39 is 9.85 Å². The van der Waals surface area contributed by atoms with Crippen LogP contribution in [-0.4, -0.2) is 20.1 Å². The Morgan fingerprint density at radius 2 is 1.00 bits per heavy atom. The lowest BCUT2D eigenvalue weighted by molar-refractivity contribution is -0.385. The molecule has 0 aliphatic rings. The van der Waals surface area contributed by atoms with Crippen LogP contribution < -0.4 is 11.5 Å². The number of nitro benzene ring substituents is 2. The van der Waals surface area contributed by atoms with Crippen LogP contribution in [0.25, 0.3) is 22.3 Å². The highest BCUT2D eigenvalue weighted by Gasteiger charge is 2.19. The van der Waals surface area contributed by atoms with Crippen molar-refractivity contribution in [1.29, 1.82) is 0 Å². The Morgan fingerprint density at radius 3 is 1.32 bits per heavy atom. The molecule has 28 heavy (non-hydrogen) atoms. The summed E-state index contributed by atoms with van der Waals surface area (Å²) >= 11 is 0. The molecule has 0 heterocycles. The zero-order valence-corrected chi connectivity index (χ0v) is 14.2. The van der Waals surface area contributed by atoms with Crippen molar-refractivity contribution in [3.8, 4) is 33.8 Å². The van der Waals surface area contributed by atoms with Gasteiger partial charge in [-0.25, -0.2) is 0 Å². The van der Waals surface area contributed by atoms with Gasteiger partial charge < -0.3 is 21.7 Å². The molecule has 0 fully saturated rings. The van der Waals surface area contributed by atoms with Gasteiger partial charge in [-0.3, -0.25) is 20.2 Å². The van der Waals surface area contributed by atoms with Crippen LogP contribution in [0.5, 0.6) is 11.5 Å². The molecular formula is C18H14N4O6. The number of benzene rings is 3. The van der Waals surface area contributed by atoms with E-state index >= 15 is 0 Å². The summed E-state index contributed by atoms with van der Waals surface area (Å²) in [5.74, 6) is -0.684. The van der Waals surface area contributed by atoms with Crippen molar-refractivity contribution in [2.24, 2.45) is 0 Å². The maximum Gasteiger partial charge on any atom is 0.270 e. The monoisotopic (exact) mass is 382 g/mol. The van der Waals surface area contributed by atoms with Crippen molar-refractivity contribution < 1.29 is 20.1 Å². The van der Waals surface area contributed by atoms with E-state index in [4.69, 9.17) is 11.5 Å². The number of hydrogen-bond acceptors (Lipinski definition) is 8. The molecule has 3 aromatic carbocycles. The summed E-state index contributed by atoms with van der Waals surface area (Å²) in [6.07, 6.45) is 0. The second-order valence-corrected chi connectivity index (χ2v) is 5.94. The van der Waals surface area contributed by atoms with Crippen molar-refractivity contribution in [2.45, 2.75) is 0 Å². The molecule has 0 bridgehead atoms. The molecule has 3 rings (SSSR count). The summed E-state index contributed by atoms with van der Waals surface area (Å²) in [7, 11) is 0. The quantitative estimate of drug-likeness (QED) is 0.229. The molecule has 0 aromatic heterocycles. The predicted molar refractivity (Wildman–Crippen MR) is 103 cm³/mol. The van der Waals surface area contributed by atoms with E-state index in [1.807, 2.05) is 0 Å². The number of rotatable bonds is 4. The smallest absolute Gasteiger partial charge is 0.270 e. The van der Waals surface area contributed by atoms with Gasteiger partial charge in [-0.05, 0) is 24.3 Å². The summed E-state index contributed by atoms with van der Waals surface area (Å²) in [4.78, 5) is 20.8. The second-order valence-electron chi connectivity index (χ2n) is 5.94. The zero-order chi connectivity index (χ0) is 20.6. The average molecular weight is 382 g/mol. The molecule has 0 saturated heterocycles. The molecule has 0 spiro atoms. The van der Waals surface area contributed by atoms with E-state index in [0.717, 1.165) is 0 Å². The van der Waals surface area contributed by atoms with Crippen LogP contribution in [0.4, 0.5) is 22.7 Å². The number of nitro groups is 2. The average Bonchev–Trinajstić information content (AvgIpc) is 2.64. The molecule has 0 atom stereocenters. The van der Waals surface area contributed by atoms with Gasteiger partial charge in [0.15, 0.2) is 0 Å². The van der Waals surface area contributed by atoms with Gasteiger partial charge >= 0.3 is 0 Å². The van der Waals surface area contributed by atoms with Gasteiger partial charge in [-0.2, -0.15) is 0 Å².